The van der Waals surface area contributed by atoms with Gasteiger partial charge >= 0.3 is 0 Å². The van der Waals surface area contributed by atoms with Crippen LogP contribution in [0.25, 0.3) is 10.9 Å². The van der Waals surface area contributed by atoms with Crippen LogP contribution in [-0.4, -0.2) is 41.8 Å². The zero-order valence-corrected chi connectivity index (χ0v) is 14.7. The van der Waals surface area contributed by atoms with Crippen molar-refractivity contribution in [1.82, 2.24) is 9.88 Å². The molecule has 1 aromatic heterocycles. The molecule has 0 aliphatic carbocycles. The van der Waals surface area contributed by atoms with Crippen molar-refractivity contribution < 1.29 is 9.90 Å². The molecule has 2 heterocycles. The summed E-state index contributed by atoms with van der Waals surface area (Å²) < 4.78 is 1.51. The fraction of sp³-hybridized carbons (Fsp3) is 0.421. The molecular weight excluding hydrogens is 332 g/mol. The Labute approximate surface area is 151 Å². The van der Waals surface area contributed by atoms with Crippen LogP contribution in [0, 0.1) is 17.2 Å². The minimum absolute atomic E-state index is 0.0481. The van der Waals surface area contributed by atoms with Gasteiger partial charge in [0.25, 0.3) is 5.56 Å². The lowest BCUT2D eigenvalue weighted by atomic mass is 9.94. The van der Waals surface area contributed by atoms with E-state index in [9.17, 15) is 14.9 Å². The molecule has 0 atom stereocenters. The van der Waals surface area contributed by atoms with Gasteiger partial charge in [-0.15, -0.1) is 0 Å². The number of nitriles is 1. The summed E-state index contributed by atoms with van der Waals surface area (Å²) in [7, 11) is 1.67. The van der Waals surface area contributed by atoms with Gasteiger partial charge in [0, 0.05) is 38.0 Å². The van der Waals surface area contributed by atoms with Crippen LogP contribution in [0.5, 0.6) is 0 Å². The van der Waals surface area contributed by atoms with Gasteiger partial charge in [0.05, 0.1) is 17.8 Å². The highest BCUT2D eigenvalue weighted by Crippen LogP contribution is 2.31. The van der Waals surface area contributed by atoms with E-state index in [-0.39, 0.29) is 36.1 Å². The highest BCUT2D eigenvalue weighted by Gasteiger charge is 2.28. The number of benzene rings is 1. The van der Waals surface area contributed by atoms with Crippen molar-refractivity contribution in [2.24, 2.45) is 13.0 Å². The number of piperidine rings is 1. The van der Waals surface area contributed by atoms with E-state index in [2.05, 4.69) is 11.4 Å². The molecule has 0 saturated carbocycles. The molecule has 2 aromatic rings. The summed E-state index contributed by atoms with van der Waals surface area (Å²) >= 11 is 0. The molecule has 1 aliphatic rings. The van der Waals surface area contributed by atoms with Crippen molar-refractivity contribution in [1.29, 1.82) is 5.26 Å². The second-order valence-electron chi connectivity index (χ2n) is 6.49. The van der Waals surface area contributed by atoms with E-state index in [1.807, 2.05) is 29.2 Å². The van der Waals surface area contributed by atoms with E-state index >= 15 is 0 Å². The molecule has 2 N–H and O–H groups in total. The SMILES string of the molecule is Cn1c(=O)c(C#N)c(N2CCC(C(=O)NCCO)CC2)c2ccccc21. The third-order valence-corrected chi connectivity index (χ3v) is 4.98. The number of carbonyl (C=O) groups excluding carboxylic acids is 1. The minimum Gasteiger partial charge on any atom is -0.395 e. The van der Waals surface area contributed by atoms with Crippen LogP contribution in [0.4, 0.5) is 5.69 Å². The second-order valence-corrected chi connectivity index (χ2v) is 6.49. The Morgan fingerprint density at radius 3 is 2.69 bits per heavy atom. The highest BCUT2D eigenvalue weighted by molar-refractivity contribution is 5.95. The van der Waals surface area contributed by atoms with Crippen molar-refractivity contribution >= 4 is 22.5 Å². The number of carbonyl (C=O) groups is 1. The van der Waals surface area contributed by atoms with Crippen molar-refractivity contribution in [3.8, 4) is 6.07 Å². The molecule has 0 bridgehead atoms. The second kappa shape index (κ2) is 7.58. The number of aromatic nitrogens is 1. The van der Waals surface area contributed by atoms with Gasteiger partial charge in [-0.05, 0) is 18.9 Å². The molecule has 3 rings (SSSR count). The number of anilines is 1. The van der Waals surface area contributed by atoms with E-state index in [0.717, 1.165) is 10.9 Å². The number of rotatable bonds is 4. The predicted molar refractivity (Wildman–Crippen MR) is 98.9 cm³/mol. The number of aryl methyl sites for hydroxylation is 1. The number of amides is 1. The van der Waals surface area contributed by atoms with Crippen molar-refractivity contribution in [3.05, 3.63) is 40.2 Å². The smallest absolute Gasteiger partial charge is 0.270 e. The molecule has 136 valence electrons. The summed E-state index contributed by atoms with van der Waals surface area (Å²) in [4.78, 5) is 26.7. The molecule has 0 radical (unpaired) electrons. The number of aliphatic hydroxyl groups is 1. The number of hydrogen-bond acceptors (Lipinski definition) is 5. The third-order valence-electron chi connectivity index (χ3n) is 4.98. The van der Waals surface area contributed by atoms with Crippen LogP contribution >= 0.6 is 0 Å². The lowest BCUT2D eigenvalue weighted by Gasteiger charge is -2.34. The first-order chi connectivity index (χ1) is 12.6. The summed E-state index contributed by atoms with van der Waals surface area (Å²) in [5.74, 6) is -0.158. The average Bonchev–Trinajstić information content (AvgIpc) is 2.68. The van der Waals surface area contributed by atoms with Crippen LogP contribution in [0.15, 0.2) is 29.1 Å². The molecule has 1 saturated heterocycles. The standard InChI is InChI=1S/C19H22N4O3/c1-22-16-5-3-2-4-14(16)17(15(12-20)19(22)26)23-9-6-13(7-10-23)18(25)21-8-11-24/h2-5,13,24H,6-11H2,1H3,(H,21,25). The Hall–Kier alpha value is -2.85. The van der Waals surface area contributed by atoms with Crippen LogP contribution in [0.2, 0.25) is 0 Å². The molecule has 0 spiro atoms. The normalized spacial score (nSPS) is 15.0. The number of aliphatic hydroxyl groups excluding tert-OH is 1. The van der Waals surface area contributed by atoms with Gasteiger partial charge in [-0.2, -0.15) is 5.26 Å². The fourth-order valence-electron chi connectivity index (χ4n) is 3.60. The summed E-state index contributed by atoms with van der Waals surface area (Å²) in [6.45, 7) is 1.39. The first kappa shape index (κ1) is 18.0. The zero-order chi connectivity index (χ0) is 18.7. The number of nitrogens with zero attached hydrogens (tertiary/aromatic N) is 3. The Balaban J connectivity index is 1.93. The monoisotopic (exact) mass is 354 g/mol. The molecule has 1 aliphatic heterocycles. The van der Waals surface area contributed by atoms with Crippen molar-refractivity contribution in [2.75, 3.05) is 31.1 Å². The van der Waals surface area contributed by atoms with Crippen LogP contribution in [0.3, 0.4) is 0 Å². The van der Waals surface area contributed by atoms with E-state index in [1.165, 1.54) is 4.57 Å². The molecule has 1 fully saturated rings. The van der Waals surface area contributed by atoms with Gasteiger partial charge in [0.2, 0.25) is 5.91 Å². The first-order valence-corrected chi connectivity index (χ1v) is 8.73. The molecule has 1 aromatic carbocycles. The molecule has 1 amide bonds. The van der Waals surface area contributed by atoms with Crippen molar-refractivity contribution in [2.45, 2.75) is 12.8 Å². The maximum atomic E-state index is 12.6. The fourth-order valence-corrected chi connectivity index (χ4v) is 3.60. The predicted octanol–water partition coefficient (Wildman–Crippen LogP) is 0.735. The number of nitrogens with one attached hydrogen (secondary N) is 1. The number of pyridine rings is 1. The van der Waals surface area contributed by atoms with Crippen LogP contribution < -0.4 is 15.8 Å². The molecule has 7 heteroatoms. The number of fused-ring (bicyclic) bond motifs is 1. The maximum Gasteiger partial charge on any atom is 0.270 e. The van der Waals surface area contributed by atoms with Gasteiger partial charge in [0.15, 0.2) is 0 Å². The van der Waals surface area contributed by atoms with E-state index in [4.69, 9.17) is 5.11 Å². The summed E-state index contributed by atoms with van der Waals surface area (Å²) in [6, 6.07) is 9.63. The van der Waals surface area contributed by atoms with Gasteiger partial charge in [-0.25, -0.2) is 0 Å². The lowest BCUT2D eigenvalue weighted by Crippen LogP contribution is -2.42. The lowest BCUT2D eigenvalue weighted by molar-refractivity contribution is -0.125. The Morgan fingerprint density at radius 1 is 1.35 bits per heavy atom. The van der Waals surface area contributed by atoms with Crippen LogP contribution in [-0.2, 0) is 11.8 Å². The van der Waals surface area contributed by atoms with Crippen molar-refractivity contribution in [3.63, 3.8) is 0 Å². The van der Waals surface area contributed by atoms with Crippen LogP contribution in [0.1, 0.15) is 18.4 Å². The summed E-state index contributed by atoms with van der Waals surface area (Å²) in [5.41, 5.74) is 1.30. The summed E-state index contributed by atoms with van der Waals surface area (Å²) in [6.07, 6.45) is 1.29. The molecule has 26 heavy (non-hydrogen) atoms. The Bertz CT molecular complexity index is 921. The van der Waals surface area contributed by atoms with E-state index in [0.29, 0.717) is 31.6 Å². The summed E-state index contributed by atoms with van der Waals surface area (Å²) in [5, 5.41) is 22.0. The van der Waals surface area contributed by atoms with E-state index < -0.39 is 0 Å². The maximum absolute atomic E-state index is 12.6. The van der Waals surface area contributed by atoms with Gasteiger partial charge in [-0.3, -0.25) is 9.59 Å². The van der Waals surface area contributed by atoms with Gasteiger partial charge in [0.1, 0.15) is 11.6 Å². The number of hydrogen-bond donors (Lipinski definition) is 2. The Kier molecular flexibility index (Phi) is 5.24. The average molecular weight is 354 g/mol. The molecule has 0 unspecified atom stereocenters. The zero-order valence-electron chi connectivity index (χ0n) is 14.7. The topological polar surface area (TPSA) is 98.4 Å². The minimum atomic E-state index is -0.302. The molecule has 7 nitrogen and oxygen atoms in total. The highest BCUT2D eigenvalue weighted by atomic mass is 16.3. The largest absolute Gasteiger partial charge is 0.395 e. The quantitative estimate of drug-likeness (QED) is 0.844. The van der Waals surface area contributed by atoms with Gasteiger partial charge < -0.3 is 19.9 Å². The first-order valence-electron chi connectivity index (χ1n) is 8.73. The molecular formula is C19H22N4O3. The third kappa shape index (κ3) is 3.16. The Morgan fingerprint density at radius 2 is 2.04 bits per heavy atom. The van der Waals surface area contributed by atoms with Gasteiger partial charge in [-0.1, -0.05) is 18.2 Å². The number of para-hydroxylation sites is 1. The van der Waals surface area contributed by atoms with E-state index in [1.54, 1.807) is 7.05 Å².